The highest BCUT2D eigenvalue weighted by Gasteiger charge is 2.13. The largest absolute Gasteiger partial charge is 0.496 e. The van der Waals surface area contributed by atoms with Gasteiger partial charge in [0.1, 0.15) is 11.5 Å². The van der Waals surface area contributed by atoms with Crippen LogP contribution in [0.4, 0.5) is 0 Å². The lowest BCUT2D eigenvalue weighted by Crippen LogP contribution is -2.18. The van der Waals surface area contributed by atoms with Crippen molar-refractivity contribution < 1.29 is 9.94 Å². The van der Waals surface area contributed by atoms with Gasteiger partial charge in [-0.25, -0.2) is 0 Å². The lowest BCUT2D eigenvalue weighted by atomic mass is 10.0. The molecule has 1 aromatic heterocycles. The van der Waals surface area contributed by atoms with E-state index in [0.717, 1.165) is 10.3 Å². The summed E-state index contributed by atoms with van der Waals surface area (Å²) in [5, 5.41) is 25.2. The standard InChI is InChI=1S/C13H14N4O2/c1-9-7-10(14)11(8-12(9)19-2)15-16-13-5-3-4-6-17(13)18/h3-8,14,18H,1-2H3/b14-10?,15-11+,16-13+. The molecule has 0 bridgehead atoms. The van der Waals surface area contributed by atoms with E-state index in [1.807, 2.05) is 6.92 Å². The highest BCUT2D eigenvalue weighted by molar-refractivity contribution is 6.50. The second-order valence-corrected chi connectivity index (χ2v) is 3.94. The van der Waals surface area contributed by atoms with Gasteiger partial charge in [0.05, 0.1) is 12.8 Å². The second-order valence-electron chi connectivity index (χ2n) is 3.94. The molecule has 2 rings (SSSR count). The van der Waals surface area contributed by atoms with Crippen LogP contribution in [0, 0.1) is 5.41 Å². The molecule has 0 amide bonds. The van der Waals surface area contributed by atoms with Crippen molar-refractivity contribution in [3.05, 3.63) is 53.4 Å². The average molecular weight is 258 g/mol. The van der Waals surface area contributed by atoms with Crippen LogP contribution in [-0.4, -0.2) is 28.5 Å². The minimum Gasteiger partial charge on any atom is -0.496 e. The fraction of sp³-hybridized carbons (Fsp3) is 0.154. The minimum atomic E-state index is 0.252. The number of aromatic nitrogens is 1. The molecule has 0 saturated carbocycles. The lowest BCUT2D eigenvalue weighted by Gasteiger charge is -2.12. The van der Waals surface area contributed by atoms with Crippen LogP contribution in [0.3, 0.4) is 0 Å². The van der Waals surface area contributed by atoms with Crippen molar-refractivity contribution in [2.24, 2.45) is 10.2 Å². The third-order valence-electron chi connectivity index (χ3n) is 2.59. The number of methoxy groups -OCH3 is 1. The zero-order valence-corrected chi connectivity index (χ0v) is 10.7. The van der Waals surface area contributed by atoms with E-state index in [2.05, 4.69) is 10.2 Å². The maximum absolute atomic E-state index is 9.49. The van der Waals surface area contributed by atoms with Gasteiger partial charge in [0.25, 0.3) is 0 Å². The number of pyridine rings is 1. The van der Waals surface area contributed by atoms with E-state index in [0.29, 0.717) is 11.5 Å². The van der Waals surface area contributed by atoms with Crippen LogP contribution >= 0.6 is 0 Å². The highest BCUT2D eigenvalue weighted by atomic mass is 16.5. The molecule has 1 aromatic rings. The molecule has 0 unspecified atom stereocenters. The molecule has 0 aliphatic heterocycles. The van der Waals surface area contributed by atoms with Crippen LogP contribution in [0.25, 0.3) is 0 Å². The summed E-state index contributed by atoms with van der Waals surface area (Å²) in [6.45, 7) is 1.86. The SMILES string of the molecule is COC1=C/C(=N\N=c2/ccccn2O)C(=N)C=C1C. The number of ether oxygens (including phenoxy) is 1. The fourth-order valence-corrected chi connectivity index (χ4v) is 1.59. The van der Waals surface area contributed by atoms with Crippen LogP contribution in [0.1, 0.15) is 6.92 Å². The zero-order chi connectivity index (χ0) is 13.8. The molecule has 1 aliphatic carbocycles. The van der Waals surface area contributed by atoms with E-state index in [1.165, 1.54) is 6.20 Å². The van der Waals surface area contributed by atoms with Crippen molar-refractivity contribution in [2.75, 3.05) is 7.11 Å². The minimum absolute atomic E-state index is 0.252. The molecule has 1 aliphatic rings. The van der Waals surface area contributed by atoms with E-state index in [9.17, 15) is 5.21 Å². The van der Waals surface area contributed by atoms with Crippen molar-refractivity contribution in [1.82, 2.24) is 4.73 Å². The van der Waals surface area contributed by atoms with Crippen molar-refractivity contribution in [3.8, 4) is 0 Å². The number of hydrogen-bond acceptors (Lipinski definition) is 5. The summed E-state index contributed by atoms with van der Waals surface area (Å²) < 4.78 is 6.04. The van der Waals surface area contributed by atoms with Crippen LogP contribution in [0.15, 0.2) is 58.1 Å². The summed E-state index contributed by atoms with van der Waals surface area (Å²) in [4.78, 5) is 0. The van der Waals surface area contributed by atoms with Crippen molar-refractivity contribution >= 4 is 11.4 Å². The summed E-state index contributed by atoms with van der Waals surface area (Å²) >= 11 is 0. The van der Waals surface area contributed by atoms with Gasteiger partial charge < -0.3 is 9.94 Å². The van der Waals surface area contributed by atoms with Crippen LogP contribution in [-0.2, 0) is 4.74 Å². The first-order chi connectivity index (χ1) is 9.11. The Balaban J connectivity index is 2.41. The maximum Gasteiger partial charge on any atom is 0.189 e. The summed E-state index contributed by atoms with van der Waals surface area (Å²) in [6.07, 6.45) is 4.75. The predicted octanol–water partition coefficient (Wildman–Crippen LogP) is 1.49. The summed E-state index contributed by atoms with van der Waals surface area (Å²) in [5.41, 5.74) is 1.78. The van der Waals surface area contributed by atoms with Crippen molar-refractivity contribution in [2.45, 2.75) is 6.92 Å². The number of rotatable bonds is 2. The molecular formula is C13H14N4O2. The maximum atomic E-state index is 9.49. The van der Waals surface area contributed by atoms with Gasteiger partial charge in [-0.15, -0.1) is 10.2 Å². The molecule has 0 spiro atoms. The third kappa shape index (κ3) is 2.79. The number of hydrogen-bond donors (Lipinski definition) is 2. The predicted molar refractivity (Wildman–Crippen MR) is 71.2 cm³/mol. The molecular weight excluding hydrogens is 244 g/mol. The molecule has 0 radical (unpaired) electrons. The Labute approximate surface area is 110 Å². The smallest absolute Gasteiger partial charge is 0.189 e. The Kier molecular flexibility index (Phi) is 3.61. The molecule has 0 saturated heterocycles. The van der Waals surface area contributed by atoms with Gasteiger partial charge in [0, 0.05) is 12.3 Å². The number of nitrogens with zero attached hydrogens (tertiary/aromatic N) is 3. The van der Waals surface area contributed by atoms with Gasteiger partial charge in [-0.3, -0.25) is 5.41 Å². The molecule has 6 nitrogen and oxygen atoms in total. The molecule has 0 aromatic carbocycles. The van der Waals surface area contributed by atoms with Crippen molar-refractivity contribution in [1.29, 1.82) is 5.41 Å². The Hall–Kier alpha value is -2.63. The molecule has 2 N–H and O–H groups in total. The van der Waals surface area contributed by atoms with Crippen LogP contribution in [0.5, 0.6) is 0 Å². The first-order valence-corrected chi connectivity index (χ1v) is 5.63. The third-order valence-corrected chi connectivity index (χ3v) is 2.59. The van der Waals surface area contributed by atoms with E-state index in [1.54, 1.807) is 37.5 Å². The van der Waals surface area contributed by atoms with Crippen molar-refractivity contribution in [3.63, 3.8) is 0 Å². The van der Waals surface area contributed by atoms with Gasteiger partial charge in [0.2, 0.25) is 0 Å². The average Bonchev–Trinajstić information content (AvgIpc) is 2.39. The molecule has 0 fully saturated rings. The second kappa shape index (κ2) is 5.34. The van der Waals surface area contributed by atoms with E-state index in [-0.39, 0.29) is 11.2 Å². The first-order valence-electron chi connectivity index (χ1n) is 5.63. The Morgan fingerprint density at radius 3 is 2.74 bits per heavy atom. The molecule has 98 valence electrons. The van der Waals surface area contributed by atoms with E-state index < -0.39 is 0 Å². The lowest BCUT2D eigenvalue weighted by molar-refractivity contribution is 0.171. The highest BCUT2D eigenvalue weighted by Crippen LogP contribution is 2.15. The number of nitrogens with one attached hydrogen (secondary N) is 1. The Morgan fingerprint density at radius 2 is 2.05 bits per heavy atom. The molecule has 19 heavy (non-hydrogen) atoms. The van der Waals surface area contributed by atoms with Gasteiger partial charge in [-0.05, 0) is 30.7 Å². The summed E-state index contributed by atoms with van der Waals surface area (Å²) in [7, 11) is 1.56. The Morgan fingerprint density at radius 1 is 1.26 bits per heavy atom. The summed E-state index contributed by atoms with van der Waals surface area (Å²) in [6, 6.07) is 5.01. The zero-order valence-electron chi connectivity index (χ0n) is 10.7. The molecule has 6 heteroatoms. The fourth-order valence-electron chi connectivity index (χ4n) is 1.59. The van der Waals surface area contributed by atoms with Crippen LogP contribution in [0.2, 0.25) is 0 Å². The first kappa shape index (κ1) is 12.8. The van der Waals surface area contributed by atoms with Gasteiger partial charge >= 0.3 is 0 Å². The van der Waals surface area contributed by atoms with Crippen LogP contribution < -0.4 is 5.49 Å². The van der Waals surface area contributed by atoms with Gasteiger partial charge in [0.15, 0.2) is 5.49 Å². The number of allylic oxidation sites excluding steroid dienone is 3. The van der Waals surface area contributed by atoms with E-state index >= 15 is 0 Å². The normalized spacial score (nSPS) is 18.3. The summed E-state index contributed by atoms with van der Waals surface area (Å²) in [5.74, 6) is 0.648. The molecule has 0 atom stereocenters. The monoisotopic (exact) mass is 258 g/mol. The molecule has 1 heterocycles. The topological polar surface area (TPSA) is 83.0 Å². The quantitative estimate of drug-likeness (QED) is 0.478. The Bertz CT molecular complexity index is 665. The van der Waals surface area contributed by atoms with Gasteiger partial charge in [-0.1, -0.05) is 6.07 Å². The van der Waals surface area contributed by atoms with Gasteiger partial charge in [-0.2, -0.15) is 4.73 Å². The van der Waals surface area contributed by atoms with E-state index in [4.69, 9.17) is 10.1 Å².